The second kappa shape index (κ2) is 9.65. The normalized spacial score (nSPS) is 22.5. The van der Waals surface area contributed by atoms with E-state index in [2.05, 4.69) is 4.98 Å². The second-order valence-electron chi connectivity index (χ2n) is 8.75. The van der Waals surface area contributed by atoms with Gasteiger partial charge in [-0.05, 0) is 44.7 Å². The van der Waals surface area contributed by atoms with Crippen molar-refractivity contribution < 1.29 is 19.0 Å². The fraction of sp³-hybridized carbons (Fsp3) is 0.583. The van der Waals surface area contributed by atoms with Crippen LogP contribution in [0.25, 0.3) is 0 Å². The van der Waals surface area contributed by atoms with Crippen molar-refractivity contribution in [1.82, 2.24) is 9.88 Å². The lowest BCUT2D eigenvalue weighted by atomic mass is 9.96. The zero-order valence-electron chi connectivity index (χ0n) is 18.1. The summed E-state index contributed by atoms with van der Waals surface area (Å²) >= 11 is 1.51. The van der Waals surface area contributed by atoms with Crippen molar-refractivity contribution in [3.05, 3.63) is 45.7 Å². The van der Waals surface area contributed by atoms with Crippen molar-refractivity contribution in [2.24, 2.45) is 5.92 Å². The number of carbonyl (C=O) groups excluding carboxylic acids is 1. The predicted molar refractivity (Wildman–Crippen MR) is 119 cm³/mol. The zero-order valence-corrected chi connectivity index (χ0v) is 18.9. The highest BCUT2D eigenvalue weighted by Crippen LogP contribution is 2.37. The van der Waals surface area contributed by atoms with E-state index in [-0.39, 0.29) is 23.4 Å². The largest absolute Gasteiger partial charge is 0.490 e. The lowest BCUT2D eigenvalue weighted by molar-refractivity contribution is -0.135. The highest BCUT2D eigenvalue weighted by atomic mass is 32.1. The number of amides is 1. The number of halogens is 1. The first-order chi connectivity index (χ1) is 15.0. The lowest BCUT2D eigenvalue weighted by Gasteiger charge is -2.26. The Bertz CT molecular complexity index is 912. The summed E-state index contributed by atoms with van der Waals surface area (Å²) < 4.78 is 19.3. The van der Waals surface area contributed by atoms with Gasteiger partial charge >= 0.3 is 0 Å². The number of ether oxygens (including phenoxy) is 1. The molecule has 2 fully saturated rings. The number of likely N-dealkylation sites (tertiary alicyclic amines) is 1. The van der Waals surface area contributed by atoms with Crippen LogP contribution in [-0.2, 0) is 16.8 Å². The minimum Gasteiger partial charge on any atom is -0.490 e. The lowest BCUT2D eigenvalue weighted by Crippen LogP contribution is -2.37. The molecule has 1 aromatic carbocycles. The molecule has 1 N–H and O–H groups in total. The third-order valence-electron chi connectivity index (χ3n) is 6.54. The Morgan fingerprint density at radius 1 is 1.26 bits per heavy atom. The first kappa shape index (κ1) is 22.2. The number of rotatable bonds is 6. The third-order valence-corrected chi connectivity index (χ3v) is 7.95. The predicted octanol–water partition coefficient (Wildman–Crippen LogP) is 4.60. The average molecular weight is 447 g/mol. The van der Waals surface area contributed by atoms with Crippen molar-refractivity contribution in [3.8, 4) is 5.75 Å². The standard InChI is InChI=1S/C24H31FN2O3S/c1-17-21(11-16-30-20-10-5-4-9-19(20)25)31-23(26-17)24(29)12-6-14-27(15-13-24)22(28)18-7-2-3-8-18/h4-5,9-10,18,29H,2-3,6-8,11-16H2,1H3/t24-/m1/s1. The van der Waals surface area contributed by atoms with Gasteiger partial charge in [0, 0.05) is 36.7 Å². The molecule has 7 heteroatoms. The quantitative estimate of drug-likeness (QED) is 0.704. The van der Waals surface area contributed by atoms with E-state index in [0.29, 0.717) is 39.0 Å². The number of hydrogen-bond donors (Lipinski definition) is 1. The number of para-hydroxylation sites is 1. The maximum absolute atomic E-state index is 13.7. The molecule has 1 saturated heterocycles. The van der Waals surface area contributed by atoms with Crippen LogP contribution in [0.1, 0.15) is 60.5 Å². The first-order valence-corrected chi connectivity index (χ1v) is 12.1. The molecule has 2 aromatic rings. The second-order valence-corrected chi connectivity index (χ2v) is 9.83. The molecule has 31 heavy (non-hydrogen) atoms. The fourth-order valence-corrected chi connectivity index (χ4v) is 5.85. The zero-order chi connectivity index (χ0) is 21.8. The van der Waals surface area contributed by atoms with Crippen molar-refractivity contribution in [1.29, 1.82) is 0 Å². The summed E-state index contributed by atoms with van der Waals surface area (Å²) in [5.41, 5.74) is -0.112. The molecule has 1 aliphatic carbocycles. The Labute approximate surface area is 187 Å². The van der Waals surface area contributed by atoms with E-state index in [1.807, 2.05) is 11.8 Å². The van der Waals surface area contributed by atoms with Crippen molar-refractivity contribution >= 4 is 17.2 Å². The van der Waals surface area contributed by atoms with Gasteiger partial charge in [0.1, 0.15) is 10.6 Å². The summed E-state index contributed by atoms with van der Waals surface area (Å²) in [6.07, 6.45) is 6.82. The van der Waals surface area contributed by atoms with Gasteiger partial charge in [-0.25, -0.2) is 9.37 Å². The summed E-state index contributed by atoms with van der Waals surface area (Å²) in [7, 11) is 0. The van der Waals surface area contributed by atoms with Crippen LogP contribution in [0, 0.1) is 18.7 Å². The van der Waals surface area contributed by atoms with Gasteiger partial charge in [0.2, 0.25) is 5.91 Å². The van der Waals surface area contributed by atoms with Crippen LogP contribution in [0.15, 0.2) is 24.3 Å². The Hall–Kier alpha value is -1.99. The first-order valence-electron chi connectivity index (χ1n) is 11.3. The van der Waals surface area contributed by atoms with Crippen LogP contribution in [-0.4, -0.2) is 40.6 Å². The molecule has 5 nitrogen and oxygen atoms in total. The molecule has 1 aliphatic heterocycles. The molecule has 4 rings (SSSR count). The summed E-state index contributed by atoms with van der Waals surface area (Å²) in [4.78, 5) is 20.5. The maximum Gasteiger partial charge on any atom is 0.225 e. The molecular formula is C24H31FN2O3S. The van der Waals surface area contributed by atoms with E-state index < -0.39 is 5.60 Å². The van der Waals surface area contributed by atoms with E-state index in [9.17, 15) is 14.3 Å². The van der Waals surface area contributed by atoms with Gasteiger partial charge in [0.05, 0.1) is 12.3 Å². The number of carbonyl (C=O) groups is 1. The van der Waals surface area contributed by atoms with E-state index in [0.717, 1.165) is 47.7 Å². The van der Waals surface area contributed by atoms with E-state index in [1.165, 1.54) is 17.4 Å². The van der Waals surface area contributed by atoms with E-state index in [1.54, 1.807) is 18.2 Å². The van der Waals surface area contributed by atoms with Crippen molar-refractivity contribution in [2.45, 2.75) is 63.9 Å². The topological polar surface area (TPSA) is 62.7 Å². The number of hydrogen-bond acceptors (Lipinski definition) is 5. The van der Waals surface area contributed by atoms with Gasteiger partial charge in [0.25, 0.3) is 0 Å². The molecule has 0 spiro atoms. The molecule has 168 valence electrons. The molecule has 2 aliphatic rings. The van der Waals surface area contributed by atoms with E-state index in [4.69, 9.17) is 4.74 Å². The van der Waals surface area contributed by atoms with Gasteiger partial charge < -0.3 is 14.7 Å². The Morgan fingerprint density at radius 2 is 2.03 bits per heavy atom. The Morgan fingerprint density at radius 3 is 2.81 bits per heavy atom. The van der Waals surface area contributed by atoms with Gasteiger partial charge in [-0.3, -0.25) is 4.79 Å². The number of thiazole rings is 1. The maximum atomic E-state index is 13.7. The molecule has 0 unspecified atom stereocenters. The van der Waals surface area contributed by atoms with Crippen molar-refractivity contribution in [2.75, 3.05) is 19.7 Å². The highest BCUT2D eigenvalue weighted by molar-refractivity contribution is 7.11. The fourth-order valence-electron chi connectivity index (χ4n) is 4.66. The number of benzene rings is 1. The average Bonchev–Trinajstić information content (AvgIpc) is 3.37. The molecule has 0 radical (unpaired) electrons. The van der Waals surface area contributed by atoms with Crippen LogP contribution >= 0.6 is 11.3 Å². The molecule has 1 amide bonds. The monoisotopic (exact) mass is 446 g/mol. The van der Waals surface area contributed by atoms with Crippen LogP contribution in [0.4, 0.5) is 4.39 Å². The molecular weight excluding hydrogens is 415 g/mol. The number of aromatic nitrogens is 1. The smallest absolute Gasteiger partial charge is 0.225 e. The highest BCUT2D eigenvalue weighted by Gasteiger charge is 2.37. The molecule has 1 atom stereocenters. The van der Waals surface area contributed by atoms with Crippen LogP contribution in [0.3, 0.4) is 0 Å². The summed E-state index contributed by atoms with van der Waals surface area (Å²) in [5, 5.41) is 12.1. The van der Waals surface area contributed by atoms with Crippen LogP contribution < -0.4 is 4.74 Å². The number of aliphatic hydroxyl groups is 1. The number of aryl methyl sites for hydroxylation is 1. The van der Waals surface area contributed by atoms with Crippen molar-refractivity contribution in [3.63, 3.8) is 0 Å². The molecule has 1 aromatic heterocycles. The van der Waals surface area contributed by atoms with Gasteiger partial charge in [0.15, 0.2) is 11.6 Å². The van der Waals surface area contributed by atoms with E-state index >= 15 is 0 Å². The summed E-state index contributed by atoms with van der Waals surface area (Å²) in [6, 6.07) is 6.38. The van der Waals surface area contributed by atoms with Gasteiger partial charge in [-0.15, -0.1) is 11.3 Å². The Kier molecular flexibility index (Phi) is 6.92. The SMILES string of the molecule is Cc1nc([C@@]2(O)CCCN(C(=O)C3CCCC3)CC2)sc1CCOc1ccccc1F. The third kappa shape index (κ3) is 5.09. The summed E-state index contributed by atoms with van der Waals surface area (Å²) in [6.45, 7) is 3.58. The van der Waals surface area contributed by atoms with Crippen LogP contribution in [0.2, 0.25) is 0 Å². The minimum atomic E-state index is -0.995. The Balaban J connectivity index is 1.37. The van der Waals surface area contributed by atoms with Crippen LogP contribution in [0.5, 0.6) is 5.75 Å². The molecule has 0 bridgehead atoms. The van der Waals surface area contributed by atoms with Gasteiger partial charge in [-0.1, -0.05) is 25.0 Å². The minimum absolute atomic E-state index is 0.175. The van der Waals surface area contributed by atoms with Gasteiger partial charge in [-0.2, -0.15) is 0 Å². The molecule has 2 heterocycles. The summed E-state index contributed by atoms with van der Waals surface area (Å²) in [5.74, 6) is 0.324. The number of nitrogens with zero attached hydrogens (tertiary/aromatic N) is 2. The molecule has 1 saturated carbocycles.